The van der Waals surface area contributed by atoms with E-state index in [9.17, 15) is 4.79 Å². The van der Waals surface area contributed by atoms with Crippen molar-refractivity contribution in [2.45, 2.75) is 45.3 Å². The van der Waals surface area contributed by atoms with Crippen LogP contribution in [-0.4, -0.2) is 17.7 Å². The molecule has 1 fully saturated rings. The number of carbonyl (C=O) groups excluding carboxylic acids is 1. The Labute approximate surface area is 79.2 Å². The molecule has 0 aromatic heterocycles. The highest BCUT2D eigenvalue weighted by Gasteiger charge is 2.26. The number of hydrogen-bond donors (Lipinski definition) is 1. The zero-order valence-electron chi connectivity index (χ0n) is 8.52. The van der Waals surface area contributed by atoms with Gasteiger partial charge in [-0.25, -0.2) is 4.79 Å². The zero-order chi connectivity index (χ0) is 10.1. The molecule has 0 radical (unpaired) electrons. The van der Waals surface area contributed by atoms with Gasteiger partial charge in [-0.1, -0.05) is 12.2 Å². The van der Waals surface area contributed by atoms with Crippen LogP contribution in [0.1, 0.15) is 33.6 Å². The van der Waals surface area contributed by atoms with Crippen LogP contribution in [0.2, 0.25) is 0 Å². The van der Waals surface area contributed by atoms with E-state index in [-0.39, 0.29) is 12.1 Å². The third kappa shape index (κ3) is 3.09. The molecule has 1 atom stereocenters. The van der Waals surface area contributed by atoms with Crippen LogP contribution in [0, 0.1) is 0 Å². The Hall–Kier alpha value is -0.990. The normalized spacial score (nSPS) is 22.1. The highest BCUT2D eigenvalue weighted by Crippen LogP contribution is 2.24. The van der Waals surface area contributed by atoms with Gasteiger partial charge in [-0.3, -0.25) is 0 Å². The minimum absolute atomic E-state index is 0.134. The van der Waals surface area contributed by atoms with Crippen LogP contribution in [0.3, 0.4) is 0 Å². The van der Waals surface area contributed by atoms with Gasteiger partial charge in [0.05, 0.1) is 6.04 Å². The first-order valence-electron chi connectivity index (χ1n) is 4.56. The average molecular weight is 183 g/mol. The largest absolute Gasteiger partial charge is 0.444 e. The van der Waals surface area contributed by atoms with Crippen LogP contribution in [0.5, 0.6) is 0 Å². The average Bonchev–Trinajstić information content (AvgIpc) is 1.94. The molecule has 0 aromatic rings. The van der Waals surface area contributed by atoms with Crippen molar-refractivity contribution in [3.63, 3.8) is 0 Å². The van der Waals surface area contributed by atoms with E-state index in [0.29, 0.717) is 0 Å². The van der Waals surface area contributed by atoms with E-state index in [1.807, 2.05) is 20.8 Å². The number of amides is 1. The number of carbonyl (C=O) groups is 1. The molecule has 0 aromatic carbocycles. The molecule has 1 unspecified atom stereocenters. The lowest BCUT2D eigenvalue weighted by molar-refractivity contribution is 0.0500. The van der Waals surface area contributed by atoms with Crippen molar-refractivity contribution in [2.75, 3.05) is 0 Å². The SMILES string of the molecule is C=C1CCC1NC(=O)OC(C)(C)C. The molecule has 3 nitrogen and oxygen atoms in total. The van der Waals surface area contributed by atoms with Crippen molar-refractivity contribution in [3.05, 3.63) is 12.2 Å². The van der Waals surface area contributed by atoms with Crippen molar-refractivity contribution in [1.82, 2.24) is 5.32 Å². The second-order valence-corrected chi connectivity index (χ2v) is 4.40. The first-order valence-corrected chi connectivity index (χ1v) is 4.56. The van der Waals surface area contributed by atoms with Gasteiger partial charge in [-0.05, 0) is 33.6 Å². The number of rotatable bonds is 1. The maximum Gasteiger partial charge on any atom is 0.408 e. The second-order valence-electron chi connectivity index (χ2n) is 4.40. The molecule has 0 aliphatic heterocycles. The van der Waals surface area contributed by atoms with Gasteiger partial charge in [0.15, 0.2) is 0 Å². The van der Waals surface area contributed by atoms with Gasteiger partial charge in [-0.2, -0.15) is 0 Å². The molecular formula is C10H17NO2. The maximum atomic E-state index is 11.2. The summed E-state index contributed by atoms with van der Waals surface area (Å²) in [4.78, 5) is 11.2. The molecule has 74 valence electrons. The van der Waals surface area contributed by atoms with Crippen LogP contribution in [0.25, 0.3) is 0 Å². The molecule has 0 bridgehead atoms. The van der Waals surface area contributed by atoms with Crippen molar-refractivity contribution in [3.8, 4) is 0 Å². The van der Waals surface area contributed by atoms with E-state index < -0.39 is 5.60 Å². The highest BCUT2D eigenvalue weighted by molar-refractivity contribution is 5.69. The number of hydrogen-bond acceptors (Lipinski definition) is 2. The van der Waals surface area contributed by atoms with Gasteiger partial charge in [0.25, 0.3) is 0 Å². The van der Waals surface area contributed by atoms with Gasteiger partial charge in [0.1, 0.15) is 5.60 Å². The van der Waals surface area contributed by atoms with Crippen LogP contribution in [-0.2, 0) is 4.74 Å². The van der Waals surface area contributed by atoms with Gasteiger partial charge >= 0.3 is 6.09 Å². The molecule has 13 heavy (non-hydrogen) atoms. The Morgan fingerprint density at radius 1 is 1.62 bits per heavy atom. The summed E-state index contributed by atoms with van der Waals surface area (Å²) in [6.07, 6.45) is 1.65. The van der Waals surface area contributed by atoms with E-state index in [1.54, 1.807) is 0 Å². The van der Waals surface area contributed by atoms with Gasteiger partial charge in [-0.15, -0.1) is 0 Å². The van der Waals surface area contributed by atoms with Crippen LogP contribution in [0.15, 0.2) is 12.2 Å². The lowest BCUT2D eigenvalue weighted by atomic mass is 9.88. The van der Waals surface area contributed by atoms with Gasteiger partial charge in [0, 0.05) is 0 Å². The molecule has 0 heterocycles. The molecule has 0 saturated heterocycles. The van der Waals surface area contributed by atoms with Crippen LogP contribution < -0.4 is 5.32 Å². The summed E-state index contributed by atoms with van der Waals surface area (Å²) in [5.74, 6) is 0. The minimum atomic E-state index is -0.421. The molecule has 1 rings (SSSR count). The van der Waals surface area contributed by atoms with Crippen molar-refractivity contribution >= 4 is 6.09 Å². The summed E-state index contributed by atoms with van der Waals surface area (Å²) in [7, 11) is 0. The summed E-state index contributed by atoms with van der Waals surface area (Å²) < 4.78 is 5.10. The van der Waals surface area contributed by atoms with Gasteiger partial charge in [0.2, 0.25) is 0 Å². The predicted molar refractivity (Wildman–Crippen MR) is 51.5 cm³/mol. The lowest BCUT2D eigenvalue weighted by Crippen LogP contribution is -2.43. The summed E-state index contributed by atoms with van der Waals surface area (Å²) in [5.41, 5.74) is 0.667. The number of ether oxygens (including phenoxy) is 1. The molecule has 1 amide bonds. The molecule has 1 N–H and O–H groups in total. The molecular weight excluding hydrogens is 166 g/mol. The van der Waals surface area contributed by atoms with Gasteiger partial charge < -0.3 is 10.1 Å². The van der Waals surface area contributed by atoms with E-state index in [2.05, 4.69) is 11.9 Å². The van der Waals surface area contributed by atoms with E-state index in [1.165, 1.54) is 0 Å². The fourth-order valence-corrected chi connectivity index (χ4v) is 1.12. The molecule has 3 heteroatoms. The molecule has 1 aliphatic rings. The summed E-state index contributed by atoms with van der Waals surface area (Å²) in [5, 5.41) is 2.76. The monoisotopic (exact) mass is 183 g/mol. The summed E-state index contributed by atoms with van der Waals surface area (Å²) in [6, 6.07) is 0.134. The third-order valence-electron chi connectivity index (χ3n) is 1.94. The first kappa shape index (κ1) is 10.1. The molecule has 1 saturated carbocycles. The lowest BCUT2D eigenvalue weighted by Gasteiger charge is -2.30. The fourth-order valence-electron chi connectivity index (χ4n) is 1.12. The zero-order valence-corrected chi connectivity index (χ0v) is 8.52. The Morgan fingerprint density at radius 2 is 2.23 bits per heavy atom. The summed E-state index contributed by atoms with van der Waals surface area (Å²) >= 11 is 0. The number of alkyl carbamates (subject to hydrolysis) is 1. The Balaban J connectivity index is 2.29. The molecule has 1 aliphatic carbocycles. The highest BCUT2D eigenvalue weighted by atomic mass is 16.6. The fraction of sp³-hybridized carbons (Fsp3) is 0.700. The quantitative estimate of drug-likeness (QED) is 0.633. The minimum Gasteiger partial charge on any atom is -0.444 e. The van der Waals surface area contributed by atoms with Crippen molar-refractivity contribution in [2.24, 2.45) is 0 Å². The van der Waals surface area contributed by atoms with E-state index >= 15 is 0 Å². The molecule has 0 spiro atoms. The number of nitrogens with one attached hydrogen (secondary N) is 1. The second kappa shape index (κ2) is 3.40. The van der Waals surface area contributed by atoms with E-state index in [0.717, 1.165) is 18.4 Å². The Kier molecular flexibility index (Phi) is 2.64. The van der Waals surface area contributed by atoms with E-state index in [4.69, 9.17) is 4.74 Å². The van der Waals surface area contributed by atoms with Crippen LogP contribution in [0.4, 0.5) is 4.79 Å². The smallest absolute Gasteiger partial charge is 0.408 e. The summed E-state index contributed by atoms with van der Waals surface area (Å²) in [6.45, 7) is 9.37. The Bertz CT molecular complexity index is 228. The van der Waals surface area contributed by atoms with Crippen molar-refractivity contribution < 1.29 is 9.53 Å². The van der Waals surface area contributed by atoms with Crippen LogP contribution >= 0.6 is 0 Å². The topological polar surface area (TPSA) is 38.3 Å². The van der Waals surface area contributed by atoms with Crippen molar-refractivity contribution in [1.29, 1.82) is 0 Å². The first-order chi connectivity index (χ1) is 5.88. The maximum absolute atomic E-state index is 11.2. The predicted octanol–water partition coefficient (Wildman–Crippen LogP) is 2.23. The standard InChI is InChI=1S/C10H17NO2/c1-7-5-6-8(7)11-9(12)13-10(2,3)4/h8H,1,5-6H2,2-4H3,(H,11,12). The third-order valence-corrected chi connectivity index (χ3v) is 1.94. The Morgan fingerprint density at radius 3 is 2.54 bits per heavy atom.